The fraction of sp³-hybridized carbons (Fsp3) is 0.385. The van der Waals surface area contributed by atoms with Gasteiger partial charge in [-0.2, -0.15) is 5.26 Å². The van der Waals surface area contributed by atoms with Crippen molar-refractivity contribution in [3.05, 3.63) is 29.3 Å². The number of hydrogen-bond donors (Lipinski definition) is 1. The van der Waals surface area contributed by atoms with Gasteiger partial charge in [0, 0.05) is 31.7 Å². The van der Waals surface area contributed by atoms with Crippen LogP contribution in [-0.2, 0) is 6.42 Å². The van der Waals surface area contributed by atoms with Crippen molar-refractivity contribution in [2.24, 2.45) is 0 Å². The Labute approximate surface area is 114 Å². The maximum absolute atomic E-state index is 14.0. The lowest BCUT2D eigenvalue weighted by atomic mass is 10.1. The van der Waals surface area contributed by atoms with E-state index in [-0.39, 0.29) is 30.8 Å². The van der Waals surface area contributed by atoms with Crippen LogP contribution in [-0.4, -0.2) is 42.3 Å². The van der Waals surface area contributed by atoms with Crippen molar-refractivity contribution >= 4 is 11.8 Å². The minimum absolute atomic E-state index is 0.0259. The van der Waals surface area contributed by atoms with Crippen LogP contribution in [0.3, 0.4) is 0 Å². The second-order valence-corrected chi connectivity index (χ2v) is 4.46. The summed E-state index contributed by atoms with van der Waals surface area (Å²) in [6, 6.07) is 4.60. The molecule has 0 unspecified atom stereocenters. The fourth-order valence-electron chi connectivity index (χ4n) is 2.18. The van der Waals surface area contributed by atoms with E-state index in [0.29, 0.717) is 13.1 Å². The molecule has 1 saturated heterocycles. The van der Waals surface area contributed by atoms with Gasteiger partial charge in [0.15, 0.2) is 11.6 Å². The van der Waals surface area contributed by atoms with Crippen molar-refractivity contribution in [2.45, 2.75) is 6.42 Å². The smallest absolute Gasteiger partial charge is 0.407 e. The zero-order chi connectivity index (χ0) is 14.7. The maximum Gasteiger partial charge on any atom is 0.407 e. The number of nitrogens with zero attached hydrogens (tertiary/aromatic N) is 3. The Hall–Kier alpha value is -2.36. The van der Waals surface area contributed by atoms with Gasteiger partial charge >= 0.3 is 6.09 Å². The Kier molecular flexibility index (Phi) is 4.03. The number of anilines is 1. The number of carboxylic acid groups (broad SMARTS) is 1. The average Bonchev–Trinajstić information content (AvgIpc) is 2.44. The van der Waals surface area contributed by atoms with E-state index >= 15 is 0 Å². The highest BCUT2D eigenvalue weighted by atomic mass is 19.2. The second-order valence-electron chi connectivity index (χ2n) is 4.46. The molecular weight excluding hydrogens is 268 g/mol. The normalized spacial score (nSPS) is 15.1. The number of rotatable bonds is 2. The van der Waals surface area contributed by atoms with E-state index in [4.69, 9.17) is 10.4 Å². The third-order valence-electron chi connectivity index (χ3n) is 3.30. The highest BCUT2D eigenvalue weighted by molar-refractivity contribution is 5.65. The van der Waals surface area contributed by atoms with Crippen LogP contribution in [0, 0.1) is 23.0 Å². The SMILES string of the molecule is N#CCc1ccc(N2CCN(C(=O)O)CC2)c(F)c1F. The van der Waals surface area contributed by atoms with E-state index in [0.717, 1.165) is 0 Å². The Morgan fingerprint density at radius 1 is 1.25 bits per heavy atom. The molecule has 0 aromatic heterocycles. The number of hydrogen-bond acceptors (Lipinski definition) is 3. The molecule has 1 aromatic rings. The van der Waals surface area contributed by atoms with Gasteiger partial charge in [0.2, 0.25) is 0 Å². The molecule has 1 heterocycles. The number of carbonyl (C=O) groups is 1. The first-order valence-electron chi connectivity index (χ1n) is 6.11. The number of amides is 1. The zero-order valence-corrected chi connectivity index (χ0v) is 10.6. The first-order valence-corrected chi connectivity index (χ1v) is 6.11. The summed E-state index contributed by atoms with van der Waals surface area (Å²) in [6.07, 6.45) is -1.20. The molecule has 0 aliphatic carbocycles. The van der Waals surface area contributed by atoms with Crippen LogP contribution >= 0.6 is 0 Å². The molecule has 0 atom stereocenters. The van der Waals surface area contributed by atoms with Crippen molar-refractivity contribution in [3.8, 4) is 6.07 Å². The van der Waals surface area contributed by atoms with Gasteiger partial charge in [-0.3, -0.25) is 0 Å². The molecule has 5 nitrogen and oxygen atoms in total. The topological polar surface area (TPSA) is 67.6 Å². The maximum atomic E-state index is 14.0. The monoisotopic (exact) mass is 281 g/mol. The fourth-order valence-corrected chi connectivity index (χ4v) is 2.18. The van der Waals surface area contributed by atoms with E-state index < -0.39 is 17.7 Å². The first kappa shape index (κ1) is 14.1. The van der Waals surface area contributed by atoms with Gasteiger partial charge in [-0.1, -0.05) is 6.07 Å². The van der Waals surface area contributed by atoms with Gasteiger partial charge in [0.1, 0.15) is 0 Å². The Morgan fingerprint density at radius 3 is 2.45 bits per heavy atom. The minimum Gasteiger partial charge on any atom is -0.465 e. The van der Waals surface area contributed by atoms with Gasteiger partial charge in [-0.25, -0.2) is 13.6 Å². The van der Waals surface area contributed by atoms with Crippen LogP contribution in [0.4, 0.5) is 19.3 Å². The standard InChI is InChI=1S/C13H13F2N3O2/c14-11-9(3-4-16)1-2-10(12(11)15)17-5-7-18(8-6-17)13(19)20/h1-2H,3,5-8H2,(H,19,20). The molecule has 20 heavy (non-hydrogen) atoms. The van der Waals surface area contributed by atoms with Crippen LogP contribution in [0.15, 0.2) is 12.1 Å². The molecule has 1 aromatic carbocycles. The first-order chi connectivity index (χ1) is 9.54. The van der Waals surface area contributed by atoms with Crippen LogP contribution in [0.2, 0.25) is 0 Å². The van der Waals surface area contributed by atoms with Crippen molar-refractivity contribution in [1.82, 2.24) is 4.90 Å². The third kappa shape index (κ3) is 2.64. The van der Waals surface area contributed by atoms with Crippen LogP contribution in [0.5, 0.6) is 0 Å². The molecule has 0 bridgehead atoms. The molecule has 1 aliphatic rings. The van der Waals surface area contributed by atoms with Gasteiger partial charge in [0.25, 0.3) is 0 Å². The molecule has 1 amide bonds. The minimum atomic E-state index is -1.01. The molecule has 2 rings (SSSR count). The summed E-state index contributed by atoms with van der Waals surface area (Å²) in [5.74, 6) is -1.99. The second kappa shape index (κ2) is 5.74. The summed E-state index contributed by atoms with van der Waals surface area (Å²) in [5.41, 5.74) is 0.132. The van der Waals surface area contributed by atoms with Gasteiger partial charge in [0.05, 0.1) is 18.2 Å². The predicted octanol–water partition coefficient (Wildman–Crippen LogP) is 1.83. The molecule has 106 valence electrons. The van der Waals surface area contributed by atoms with E-state index in [1.165, 1.54) is 17.0 Å². The van der Waals surface area contributed by atoms with Crippen molar-refractivity contribution in [2.75, 3.05) is 31.1 Å². The van der Waals surface area contributed by atoms with Crippen LogP contribution in [0.25, 0.3) is 0 Å². The zero-order valence-electron chi connectivity index (χ0n) is 10.6. The summed E-state index contributed by atoms with van der Waals surface area (Å²) in [5, 5.41) is 17.4. The molecule has 1 aliphatic heterocycles. The molecule has 0 spiro atoms. The summed E-state index contributed by atoms with van der Waals surface area (Å²) < 4.78 is 27.7. The summed E-state index contributed by atoms with van der Waals surface area (Å²) in [4.78, 5) is 13.6. The van der Waals surface area contributed by atoms with Crippen molar-refractivity contribution < 1.29 is 18.7 Å². The van der Waals surface area contributed by atoms with Crippen molar-refractivity contribution in [3.63, 3.8) is 0 Å². The quantitative estimate of drug-likeness (QED) is 0.898. The lowest BCUT2D eigenvalue weighted by Crippen LogP contribution is -2.48. The number of benzene rings is 1. The molecular formula is C13H13F2N3O2. The molecule has 1 N–H and O–H groups in total. The number of halogens is 2. The molecule has 0 saturated carbocycles. The molecule has 7 heteroatoms. The van der Waals surface area contributed by atoms with Crippen molar-refractivity contribution in [1.29, 1.82) is 5.26 Å². The van der Waals surface area contributed by atoms with Gasteiger partial charge in [-0.05, 0) is 6.07 Å². The number of nitriles is 1. The average molecular weight is 281 g/mol. The van der Waals surface area contributed by atoms with Gasteiger partial charge < -0.3 is 14.9 Å². The van der Waals surface area contributed by atoms with Gasteiger partial charge in [-0.15, -0.1) is 0 Å². The largest absolute Gasteiger partial charge is 0.465 e. The highest BCUT2D eigenvalue weighted by Crippen LogP contribution is 2.25. The lowest BCUT2D eigenvalue weighted by Gasteiger charge is -2.34. The molecule has 0 radical (unpaired) electrons. The Morgan fingerprint density at radius 2 is 1.90 bits per heavy atom. The van der Waals surface area contributed by atoms with Crippen LogP contribution < -0.4 is 4.90 Å². The Bertz CT molecular complexity index is 563. The third-order valence-corrected chi connectivity index (χ3v) is 3.30. The van der Waals surface area contributed by atoms with E-state index in [2.05, 4.69) is 0 Å². The summed E-state index contributed by atoms with van der Waals surface area (Å²) in [7, 11) is 0. The van der Waals surface area contributed by atoms with Crippen LogP contribution in [0.1, 0.15) is 5.56 Å². The molecule has 1 fully saturated rings. The summed E-state index contributed by atoms with van der Waals surface area (Å²) >= 11 is 0. The van der Waals surface area contributed by atoms with E-state index in [1.807, 2.05) is 0 Å². The Balaban J connectivity index is 2.17. The summed E-state index contributed by atoms with van der Waals surface area (Å²) in [6.45, 7) is 1.10. The predicted molar refractivity (Wildman–Crippen MR) is 67.5 cm³/mol. The highest BCUT2D eigenvalue weighted by Gasteiger charge is 2.24. The number of piperazine rings is 1. The van der Waals surface area contributed by atoms with E-state index in [1.54, 1.807) is 11.0 Å². The lowest BCUT2D eigenvalue weighted by molar-refractivity contribution is 0.142. The van der Waals surface area contributed by atoms with E-state index in [9.17, 15) is 13.6 Å².